The Morgan fingerprint density at radius 1 is 1.04 bits per heavy atom. The van der Waals surface area contributed by atoms with Gasteiger partial charge in [-0.05, 0) is 35.1 Å². The average molecular weight is 382 g/mol. The number of imide groups is 1. The Morgan fingerprint density at radius 3 is 2.61 bits per heavy atom. The van der Waals surface area contributed by atoms with Crippen LogP contribution in [0.2, 0.25) is 0 Å². The topological polar surface area (TPSA) is 84.5 Å². The normalized spacial score (nSPS) is 19.0. The van der Waals surface area contributed by atoms with Gasteiger partial charge in [0.25, 0.3) is 5.91 Å². The van der Waals surface area contributed by atoms with Gasteiger partial charge in [0.2, 0.25) is 0 Å². The summed E-state index contributed by atoms with van der Waals surface area (Å²) in [6.07, 6.45) is 4.31. The van der Waals surface area contributed by atoms with Crippen LogP contribution in [-0.2, 0) is 20.7 Å². The van der Waals surface area contributed by atoms with E-state index < -0.39 is 24.5 Å². The fraction of sp³-hybridized carbons (Fsp3) is 0.409. The Morgan fingerprint density at radius 2 is 1.79 bits per heavy atom. The first-order chi connectivity index (χ1) is 13.5. The highest BCUT2D eigenvalue weighted by Gasteiger charge is 2.23. The molecule has 6 nitrogen and oxygen atoms in total. The van der Waals surface area contributed by atoms with Gasteiger partial charge >= 0.3 is 12.0 Å². The minimum atomic E-state index is -0.632. The van der Waals surface area contributed by atoms with Crippen molar-refractivity contribution in [1.29, 1.82) is 0 Å². The zero-order valence-corrected chi connectivity index (χ0v) is 16.1. The number of fused-ring (bicyclic) bond motifs is 1. The van der Waals surface area contributed by atoms with Gasteiger partial charge in [-0.25, -0.2) is 4.79 Å². The number of esters is 1. The highest BCUT2D eigenvalue weighted by Crippen LogP contribution is 2.23. The van der Waals surface area contributed by atoms with Crippen molar-refractivity contribution in [1.82, 2.24) is 10.6 Å². The van der Waals surface area contributed by atoms with E-state index in [1.165, 1.54) is 6.42 Å². The van der Waals surface area contributed by atoms with E-state index in [0.29, 0.717) is 5.92 Å². The first kappa shape index (κ1) is 19.9. The summed E-state index contributed by atoms with van der Waals surface area (Å²) in [7, 11) is 0. The molecule has 2 N–H and O–H groups in total. The van der Waals surface area contributed by atoms with Gasteiger partial charge in [-0.15, -0.1) is 0 Å². The Bertz CT molecular complexity index is 859. The first-order valence-corrected chi connectivity index (χ1v) is 9.75. The molecule has 28 heavy (non-hydrogen) atoms. The largest absolute Gasteiger partial charge is 0.455 e. The fourth-order valence-corrected chi connectivity index (χ4v) is 3.70. The summed E-state index contributed by atoms with van der Waals surface area (Å²) in [5.74, 6) is -0.742. The number of hydrogen-bond acceptors (Lipinski definition) is 4. The van der Waals surface area contributed by atoms with E-state index in [9.17, 15) is 14.4 Å². The molecule has 0 radical (unpaired) electrons. The highest BCUT2D eigenvalue weighted by atomic mass is 16.5. The van der Waals surface area contributed by atoms with Crippen LogP contribution >= 0.6 is 0 Å². The molecule has 2 atom stereocenters. The maximum atomic E-state index is 12.1. The van der Waals surface area contributed by atoms with E-state index in [1.54, 1.807) is 0 Å². The van der Waals surface area contributed by atoms with Crippen LogP contribution in [0.15, 0.2) is 42.5 Å². The van der Waals surface area contributed by atoms with Gasteiger partial charge in [0.1, 0.15) is 0 Å². The molecule has 148 valence electrons. The maximum absolute atomic E-state index is 12.1. The number of benzene rings is 2. The molecule has 3 rings (SSSR count). The number of urea groups is 1. The summed E-state index contributed by atoms with van der Waals surface area (Å²) in [4.78, 5) is 36.0. The molecule has 1 saturated carbocycles. The minimum absolute atomic E-state index is 0.0699. The van der Waals surface area contributed by atoms with Crippen LogP contribution in [0.1, 0.15) is 38.2 Å². The van der Waals surface area contributed by atoms with Crippen LogP contribution in [0.3, 0.4) is 0 Å². The zero-order valence-electron chi connectivity index (χ0n) is 16.1. The molecule has 2 aromatic rings. The Balaban J connectivity index is 1.45. The summed E-state index contributed by atoms with van der Waals surface area (Å²) in [6.45, 7) is 1.62. The molecule has 1 fully saturated rings. The van der Waals surface area contributed by atoms with Crippen LogP contribution in [0, 0.1) is 5.92 Å². The lowest BCUT2D eigenvalue weighted by Crippen LogP contribution is -2.48. The van der Waals surface area contributed by atoms with E-state index >= 15 is 0 Å². The van der Waals surface area contributed by atoms with Gasteiger partial charge in [-0.2, -0.15) is 0 Å². The molecule has 1 aliphatic carbocycles. The van der Waals surface area contributed by atoms with Crippen LogP contribution in [0.5, 0.6) is 0 Å². The number of nitrogens with one attached hydrogen (secondary N) is 2. The van der Waals surface area contributed by atoms with Gasteiger partial charge in [-0.3, -0.25) is 14.9 Å². The highest BCUT2D eigenvalue weighted by molar-refractivity contribution is 5.96. The molecule has 0 spiro atoms. The molecular weight excluding hydrogens is 356 g/mol. The van der Waals surface area contributed by atoms with E-state index in [1.807, 2.05) is 42.5 Å². The molecule has 0 aliphatic heterocycles. The summed E-state index contributed by atoms with van der Waals surface area (Å²) < 4.78 is 5.04. The molecule has 6 heteroatoms. The number of amides is 3. The lowest BCUT2D eigenvalue weighted by atomic mass is 9.86. The van der Waals surface area contributed by atoms with Crippen molar-refractivity contribution < 1.29 is 19.1 Å². The molecule has 0 saturated heterocycles. The Hall–Kier alpha value is -2.89. The summed E-state index contributed by atoms with van der Waals surface area (Å²) in [5, 5.41) is 7.09. The van der Waals surface area contributed by atoms with Gasteiger partial charge in [0.15, 0.2) is 6.61 Å². The van der Waals surface area contributed by atoms with Crippen molar-refractivity contribution in [2.24, 2.45) is 5.92 Å². The number of carbonyl (C=O) groups excluding carboxylic acids is 3. The fourth-order valence-electron chi connectivity index (χ4n) is 3.70. The van der Waals surface area contributed by atoms with Crippen molar-refractivity contribution in [3.8, 4) is 0 Å². The third kappa shape index (κ3) is 5.31. The Kier molecular flexibility index (Phi) is 6.63. The van der Waals surface area contributed by atoms with Crippen molar-refractivity contribution in [2.45, 2.75) is 45.1 Å². The van der Waals surface area contributed by atoms with Crippen molar-refractivity contribution in [3.05, 3.63) is 48.0 Å². The van der Waals surface area contributed by atoms with E-state index in [4.69, 9.17) is 4.74 Å². The maximum Gasteiger partial charge on any atom is 0.321 e. The summed E-state index contributed by atoms with van der Waals surface area (Å²) in [6, 6.07) is 13.0. The van der Waals surface area contributed by atoms with Crippen molar-refractivity contribution in [3.63, 3.8) is 0 Å². The number of rotatable bonds is 5. The number of hydrogen-bond donors (Lipinski definition) is 2. The second-order valence-electron chi connectivity index (χ2n) is 7.37. The van der Waals surface area contributed by atoms with Crippen LogP contribution < -0.4 is 10.6 Å². The van der Waals surface area contributed by atoms with Gasteiger partial charge in [0.05, 0.1) is 6.42 Å². The molecule has 0 aromatic heterocycles. The SMILES string of the molecule is C[C@@H]1CCCC[C@H]1NC(=O)NC(=O)COC(=O)Cc1cccc2ccccc12. The second kappa shape index (κ2) is 9.35. The Labute approximate surface area is 164 Å². The van der Waals surface area contributed by atoms with E-state index in [0.717, 1.165) is 35.6 Å². The van der Waals surface area contributed by atoms with Gasteiger partial charge < -0.3 is 10.1 Å². The summed E-state index contributed by atoms with van der Waals surface area (Å²) >= 11 is 0. The van der Waals surface area contributed by atoms with Gasteiger partial charge in [0, 0.05) is 6.04 Å². The van der Waals surface area contributed by atoms with Crippen molar-refractivity contribution in [2.75, 3.05) is 6.61 Å². The minimum Gasteiger partial charge on any atom is -0.455 e. The second-order valence-corrected chi connectivity index (χ2v) is 7.37. The average Bonchev–Trinajstić information content (AvgIpc) is 2.68. The molecule has 0 heterocycles. The lowest BCUT2D eigenvalue weighted by molar-refractivity contribution is -0.147. The van der Waals surface area contributed by atoms with Crippen molar-refractivity contribution >= 4 is 28.7 Å². The smallest absolute Gasteiger partial charge is 0.321 e. The zero-order chi connectivity index (χ0) is 19.9. The molecular formula is C22H26N2O4. The molecule has 3 amide bonds. The number of ether oxygens (including phenoxy) is 1. The quantitative estimate of drug-likeness (QED) is 0.777. The van der Waals surface area contributed by atoms with E-state index in [-0.39, 0.29) is 12.5 Å². The molecule has 0 bridgehead atoms. The first-order valence-electron chi connectivity index (χ1n) is 9.75. The van der Waals surface area contributed by atoms with Crippen LogP contribution in [0.4, 0.5) is 4.79 Å². The molecule has 0 unspecified atom stereocenters. The molecule has 2 aromatic carbocycles. The van der Waals surface area contributed by atoms with Gasteiger partial charge in [-0.1, -0.05) is 62.2 Å². The van der Waals surface area contributed by atoms with Crippen LogP contribution in [-0.4, -0.2) is 30.6 Å². The standard InChI is InChI=1S/C22H26N2O4/c1-15-7-2-5-12-19(15)23-22(27)24-20(25)14-28-21(26)13-17-10-6-9-16-8-3-4-11-18(16)17/h3-4,6,8-11,15,19H,2,5,7,12-14H2,1H3,(H2,23,24,25,27)/t15-,19-/m1/s1. The third-order valence-corrected chi connectivity index (χ3v) is 5.26. The monoisotopic (exact) mass is 382 g/mol. The predicted molar refractivity (Wildman–Crippen MR) is 107 cm³/mol. The predicted octanol–water partition coefficient (Wildman–Crippen LogP) is 3.33. The lowest BCUT2D eigenvalue weighted by Gasteiger charge is -2.29. The van der Waals surface area contributed by atoms with E-state index in [2.05, 4.69) is 17.6 Å². The molecule has 1 aliphatic rings. The van der Waals surface area contributed by atoms with Crippen LogP contribution in [0.25, 0.3) is 10.8 Å². The third-order valence-electron chi connectivity index (χ3n) is 5.26. The summed E-state index contributed by atoms with van der Waals surface area (Å²) in [5.41, 5.74) is 0.840. The number of carbonyl (C=O) groups is 3.